The molecule has 0 unspecified atom stereocenters. The average Bonchev–Trinajstić information content (AvgIpc) is 2.48. The molecule has 0 radical (unpaired) electrons. The number of hydrogen-bond acceptors (Lipinski definition) is 2. The number of carbonyl (C=O) groups is 1. The molecule has 0 aromatic heterocycles. The summed E-state index contributed by atoms with van der Waals surface area (Å²) in [5, 5.41) is 2.99. The Labute approximate surface area is 133 Å². The van der Waals surface area contributed by atoms with Crippen LogP contribution in [-0.2, 0) is 0 Å². The number of rotatable bonds is 8. The number of halogens is 1. The molecule has 0 saturated carbocycles. The van der Waals surface area contributed by atoms with Crippen molar-refractivity contribution < 1.29 is 9.53 Å². The van der Waals surface area contributed by atoms with E-state index in [-0.39, 0.29) is 17.4 Å². The van der Waals surface area contributed by atoms with E-state index in [2.05, 4.69) is 19.2 Å². The molecule has 1 aromatic carbocycles. The molecular formula is C17H26ClNO2. The van der Waals surface area contributed by atoms with Gasteiger partial charge >= 0.3 is 0 Å². The van der Waals surface area contributed by atoms with Gasteiger partial charge in [0.2, 0.25) is 0 Å². The van der Waals surface area contributed by atoms with Gasteiger partial charge in [-0.25, -0.2) is 0 Å². The first-order chi connectivity index (χ1) is 9.96. The maximum atomic E-state index is 12.3. The molecule has 0 fully saturated rings. The number of amides is 1. The van der Waals surface area contributed by atoms with Crippen molar-refractivity contribution in [3.05, 3.63) is 29.8 Å². The van der Waals surface area contributed by atoms with Gasteiger partial charge in [-0.3, -0.25) is 4.79 Å². The number of alkyl halides is 1. The van der Waals surface area contributed by atoms with Crippen LogP contribution >= 0.6 is 11.6 Å². The molecule has 1 N–H and O–H groups in total. The van der Waals surface area contributed by atoms with E-state index in [0.29, 0.717) is 23.7 Å². The lowest BCUT2D eigenvalue weighted by molar-refractivity contribution is 0.0931. The first-order valence-corrected chi connectivity index (χ1v) is 8.10. The van der Waals surface area contributed by atoms with Crippen LogP contribution in [0.3, 0.4) is 0 Å². The summed E-state index contributed by atoms with van der Waals surface area (Å²) >= 11 is 6.07. The van der Waals surface area contributed by atoms with Crippen LogP contribution in [0.15, 0.2) is 24.3 Å². The van der Waals surface area contributed by atoms with Gasteiger partial charge in [-0.2, -0.15) is 0 Å². The van der Waals surface area contributed by atoms with Crippen molar-refractivity contribution in [2.75, 3.05) is 12.4 Å². The molecule has 0 aliphatic heterocycles. The Morgan fingerprint density at radius 1 is 1.33 bits per heavy atom. The summed E-state index contributed by atoms with van der Waals surface area (Å²) in [5.74, 6) is 1.18. The monoisotopic (exact) mass is 311 g/mol. The summed E-state index contributed by atoms with van der Waals surface area (Å²) < 4.78 is 5.61. The van der Waals surface area contributed by atoms with Crippen LogP contribution in [0.4, 0.5) is 0 Å². The van der Waals surface area contributed by atoms with Crippen molar-refractivity contribution in [2.45, 2.75) is 46.6 Å². The zero-order valence-electron chi connectivity index (χ0n) is 13.4. The molecule has 3 nitrogen and oxygen atoms in total. The third kappa shape index (κ3) is 5.24. The first-order valence-electron chi connectivity index (χ1n) is 7.57. The van der Waals surface area contributed by atoms with Crippen LogP contribution in [0, 0.1) is 5.41 Å². The zero-order valence-corrected chi connectivity index (χ0v) is 14.2. The van der Waals surface area contributed by atoms with Gasteiger partial charge in [0.15, 0.2) is 0 Å². The third-order valence-electron chi connectivity index (χ3n) is 3.88. The molecule has 0 aliphatic carbocycles. The molecule has 0 saturated heterocycles. The van der Waals surface area contributed by atoms with Crippen LogP contribution in [0.5, 0.6) is 5.75 Å². The molecule has 0 atom stereocenters. The highest BCUT2D eigenvalue weighted by Gasteiger charge is 2.25. The largest absolute Gasteiger partial charge is 0.491 e. The van der Waals surface area contributed by atoms with E-state index in [4.69, 9.17) is 16.3 Å². The van der Waals surface area contributed by atoms with Gasteiger partial charge in [-0.15, -0.1) is 11.6 Å². The smallest absolute Gasteiger partial charge is 0.251 e. The molecule has 0 spiro atoms. The lowest BCUT2D eigenvalue weighted by Crippen LogP contribution is -2.38. The quantitative estimate of drug-likeness (QED) is 0.729. The summed E-state index contributed by atoms with van der Waals surface area (Å²) in [6.07, 6.45) is 1.99. The van der Waals surface area contributed by atoms with Crippen molar-refractivity contribution >= 4 is 17.5 Å². The Morgan fingerprint density at radius 2 is 2.00 bits per heavy atom. The van der Waals surface area contributed by atoms with E-state index in [1.165, 1.54) is 0 Å². The van der Waals surface area contributed by atoms with Gasteiger partial charge < -0.3 is 10.1 Å². The molecule has 1 amide bonds. The van der Waals surface area contributed by atoms with Gasteiger partial charge in [-0.1, -0.05) is 19.9 Å². The number of carbonyl (C=O) groups excluding carboxylic acids is 1. The SMILES string of the molecule is CCC(CC)(CCl)CNC(=O)c1cccc(OC(C)C)c1. The van der Waals surface area contributed by atoms with Crippen LogP contribution < -0.4 is 10.1 Å². The Balaban J connectivity index is 2.71. The fourth-order valence-electron chi connectivity index (χ4n) is 2.09. The molecule has 1 aromatic rings. The number of ether oxygens (including phenoxy) is 1. The second-order valence-electron chi connectivity index (χ2n) is 5.72. The van der Waals surface area contributed by atoms with Crippen LogP contribution in [0.2, 0.25) is 0 Å². The number of nitrogens with one attached hydrogen (secondary N) is 1. The molecule has 4 heteroatoms. The van der Waals surface area contributed by atoms with E-state index < -0.39 is 0 Å². The molecule has 1 rings (SSSR count). The highest BCUT2D eigenvalue weighted by Crippen LogP contribution is 2.27. The highest BCUT2D eigenvalue weighted by molar-refractivity contribution is 6.18. The standard InChI is InChI=1S/C17H26ClNO2/c1-5-17(6-2,11-18)12-19-16(20)14-8-7-9-15(10-14)21-13(3)4/h7-10,13H,5-6,11-12H2,1-4H3,(H,19,20). The Hall–Kier alpha value is -1.22. The molecular weight excluding hydrogens is 286 g/mol. The normalized spacial score (nSPS) is 11.5. The van der Waals surface area contributed by atoms with E-state index in [1.807, 2.05) is 26.0 Å². The summed E-state index contributed by atoms with van der Waals surface area (Å²) in [6.45, 7) is 8.73. The minimum absolute atomic E-state index is 0.0245. The third-order valence-corrected chi connectivity index (χ3v) is 4.44. The molecule has 0 bridgehead atoms. The Morgan fingerprint density at radius 3 is 2.52 bits per heavy atom. The summed E-state index contributed by atoms with van der Waals surface area (Å²) in [6, 6.07) is 7.26. The van der Waals surface area contributed by atoms with Crippen LogP contribution in [0.25, 0.3) is 0 Å². The maximum Gasteiger partial charge on any atom is 0.251 e. The number of hydrogen-bond donors (Lipinski definition) is 1. The fourth-order valence-corrected chi connectivity index (χ4v) is 2.56. The highest BCUT2D eigenvalue weighted by atomic mass is 35.5. The number of benzene rings is 1. The summed E-state index contributed by atoms with van der Waals surface area (Å²) in [4.78, 5) is 12.3. The Kier molecular flexibility index (Phi) is 7.03. The average molecular weight is 312 g/mol. The van der Waals surface area contributed by atoms with Gasteiger partial charge in [0, 0.05) is 23.4 Å². The van der Waals surface area contributed by atoms with Gasteiger partial charge in [0.1, 0.15) is 5.75 Å². The minimum Gasteiger partial charge on any atom is -0.491 e. The molecule has 118 valence electrons. The Bertz CT molecular complexity index is 448. The second kappa shape index (κ2) is 8.28. The van der Waals surface area contributed by atoms with Crippen LogP contribution in [0.1, 0.15) is 50.9 Å². The summed E-state index contributed by atoms with van der Waals surface area (Å²) in [7, 11) is 0. The predicted molar refractivity (Wildman–Crippen MR) is 88.3 cm³/mol. The van der Waals surface area contributed by atoms with Gasteiger partial charge in [0.05, 0.1) is 6.10 Å². The van der Waals surface area contributed by atoms with Crippen molar-refractivity contribution in [3.8, 4) is 5.75 Å². The lowest BCUT2D eigenvalue weighted by Gasteiger charge is -2.29. The molecule has 21 heavy (non-hydrogen) atoms. The molecule has 0 heterocycles. The topological polar surface area (TPSA) is 38.3 Å². The fraction of sp³-hybridized carbons (Fsp3) is 0.588. The van der Waals surface area contributed by atoms with Gasteiger partial charge in [-0.05, 0) is 44.9 Å². The van der Waals surface area contributed by atoms with Crippen molar-refractivity contribution in [2.24, 2.45) is 5.41 Å². The lowest BCUT2D eigenvalue weighted by atomic mass is 9.84. The van der Waals surface area contributed by atoms with Crippen LogP contribution in [-0.4, -0.2) is 24.4 Å². The van der Waals surface area contributed by atoms with E-state index >= 15 is 0 Å². The minimum atomic E-state index is -0.0828. The zero-order chi connectivity index (χ0) is 15.9. The second-order valence-corrected chi connectivity index (χ2v) is 5.99. The van der Waals surface area contributed by atoms with Gasteiger partial charge in [0.25, 0.3) is 5.91 Å². The van der Waals surface area contributed by atoms with Crippen molar-refractivity contribution in [1.82, 2.24) is 5.32 Å². The van der Waals surface area contributed by atoms with Crippen molar-refractivity contribution in [3.63, 3.8) is 0 Å². The van der Waals surface area contributed by atoms with E-state index in [0.717, 1.165) is 12.8 Å². The van der Waals surface area contributed by atoms with Crippen molar-refractivity contribution in [1.29, 1.82) is 0 Å². The van der Waals surface area contributed by atoms with E-state index in [9.17, 15) is 4.79 Å². The first kappa shape index (κ1) is 17.8. The predicted octanol–water partition coefficient (Wildman–Crippen LogP) is 4.25. The summed E-state index contributed by atoms with van der Waals surface area (Å²) in [5.41, 5.74) is 0.590. The maximum absolute atomic E-state index is 12.3. The van der Waals surface area contributed by atoms with E-state index in [1.54, 1.807) is 12.1 Å². The molecule has 0 aliphatic rings.